The van der Waals surface area contributed by atoms with Gasteiger partial charge in [0.2, 0.25) is 0 Å². The average molecular weight is 348 g/mol. The number of carbonyl (C=O) groups excluding carboxylic acids is 1. The Morgan fingerprint density at radius 3 is 2.62 bits per heavy atom. The molecule has 1 aromatic heterocycles. The van der Waals surface area contributed by atoms with Gasteiger partial charge in [-0.1, -0.05) is 42.0 Å². The number of amides is 1. The van der Waals surface area contributed by atoms with Crippen LogP contribution in [0.5, 0.6) is 0 Å². The summed E-state index contributed by atoms with van der Waals surface area (Å²) in [6.45, 7) is 6.20. The van der Waals surface area contributed by atoms with E-state index in [9.17, 15) is 9.59 Å². The first kappa shape index (κ1) is 17.5. The first-order valence-electron chi connectivity index (χ1n) is 8.41. The first-order valence-corrected chi connectivity index (χ1v) is 8.41. The van der Waals surface area contributed by atoms with Crippen molar-refractivity contribution in [2.24, 2.45) is 5.10 Å². The number of benzene rings is 2. The molecule has 1 amide bonds. The van der Waals surface area contributed by atoms with Gasteiger partial charge in [-0.25, -0.2) is 10.1 Å². The summed E-state index contributed by atoms with van der Waals surface area (Å²) in [5.41, 5.74) is 5.64. The van der Waals surface area contributed by atoms with Crippen LogP contribution in [-0.4, -0.2) is 21.9 Å². The summed E-state index contributed by atoms with van der Waals surface area (Å²) in [4.78, 5) is 24.9. The lowest BCUT2D eigenvalue weighted by Crippen LogP contribution is -2.28. The van der Waals surface area contributed by atoms with Crippen LogP contribution in [0.2, 0.25) is 0 Å². The highest BCUT2D eigenvalue weighted by molar-refractivity contribution is 6.05. The number of rotatable bonds is 4. The molecule has 0 unspecified atom stereocenters. The molecule has 0 atom stereocenters. The van der Waals surface area contributed by atoms with Crippen molar-refractivity contribution in [2.75, 3.05) is 0 Å². The topological polar surface area (TPSA) is 76.3 Å². The Kier molecular flexibility index (Phi) is 4.93. The lowest BCUT2D eigenvalue weighted by atomic mass is 10.1. The number of aromatic nitrogens is 2. The largest absolute Gasteiger partial charge is 0.292 e. The SMILES string of the molecule is CCn1nc(C(=O)N/N=C\c2ccc(C)cc2C)c2ccccc2c1=O. The number of hydrazone groups is 1. The maximum Gasteiger partial charge on any atom is 0.292 e. The summed E-state index contributed by atoms with van der Waals surface area (Å²) in [6, 6.07) is 12.9. The Balaban J connectivity index is 1.92. The molecule has 132 valence electrons. The van der Waals surface area contributed by atoms with E-state index >= 15 is 0 Å². The molecule has 6 nitrogen and oxygen atoms in total. The summed E-state index contributed by atoms with van der Waals surface area (Å²) in [5.74, 6) is -0.454. The van der Waals surface area contributed by atoms with Gasteiger partial charge >= 0.3 is 0 Å². The Labute approximate surface area is 151 Å². The van der Waals surface area contributed by atoms with E-state index in [2.05, 4.69) is 21.7 Å². The van der Waals surface area contributed by atoms with Gasteiger partial charge in [0.05, 0.1) is 11.6 Å². The van der Waals surface area contributed by atoms with E-state index < -0.39 is 5.91 Å². The van der Waals surface area contributed by atoms with Gasteiger partial charge in [0, 0.05) is 11.9 Å². The molecule has 0 aliphatic carbocycles. The fraction of sp³-hybridized carbons (Fsp3) is 0.200. The van der Waals surface area contributed by atoms with E-state index in [0.29, 0.717) is 17.3 Å². The number of nitrogens with zero attached hydrogens (tertiary/aromatic N) is 3. The number of carbonyl (C=O) groups is 1. The monoisotopic (exact) mass is 348 g/mol. The van der Waals surface area contributed by atoms with Crippen molar-refractivity contribution in [3.8, 4) is 0 Å². The Hall–Kier alpha value is -3.28. The highest BCUT2D eigenvalue weighted by Crippen LogP contribution is 2.13. The van der Waals surface area contributed by atoms with E-state index in [1.165, 1.54) is 10.2 Å². The number of hydrogen-bond donors (Lipinski definition) is 1. The van der Waals surface area contributed by atoms with Crippen LogP contribution >= 0.6 is 0 Å². The summed E-state index contributed by atoms with van der Waals surface area (Å²) >= 11 is 0. The van der Waals surface area contributed by atoms with E-state index in [0.717, 1.165) is 11.1 Å². The van der Waals surface area contributed by atoms with Crippen LogP contribution in [0, 0.1) is 13.8 Å². The molecule has 0 aliphatic rings. The normalized spacial score (nSPS) is 11.2. The molecule has 0 radical (unpaired) electrons. The minimum atomic E-state index is -0.454. The lowest BCUT2D eigenvalue weighted by molar-refractivity contribution is 0.0949. The first-order chi connectivity index (χ1) is 12.5. The van der Waals surface area contributed by atoms with Crippen LogP contribution in [0.15, 0.2) is 52.4 Å². The van der Waals surface area contributed by atoms with Crippen molar-refractivity contribution < 1.29 is 4.79 Å². The van der Waals surface area contributed by atoms with Crippen LogP contribution < -0.4 is 11.0 Å². The van der Waals surface area contributed by atoms with Gasteiger partial charge in [0.25, 0.3) is 11.5 Å². The predicted octanol–water partition coefficient (Wildman–Crippen LogP) is 2.80. The van der Waals surface area contributed by atoms with Crippen molar-refractivity contribution >= 4 is 22.9 Å². The molecule has 3 aromatic rings. The third-order valence-electron chi connectivity index (χ3n) is 4.18. The number of aryl methyl sites for hydroxylation is 3. The quantitative estimate of drug-likeness (QED) is 0.582. The summed E-state index contributed by atoms with van der Waals surface area (Å²) < 4.78 is 1.28. The van der Waals surface area contributed by atoms with Crippen molar-refractivity contribution in [3.05, 3.63) is 75.2 Å². The van der Waals surface area contributed by atoms with Crippen molar-refractivity contribution in [1.29, 1.82) is 0 Å². The smallest absolute Gasteiger partial charge is 0.267 e. The Morgan fingerprint density at radius 2 is 1.92 bits per heavy atom. The van der Waals surface area contributed by atoms with Crippen LogP contribution in [0.1, 0.15) is 34.1 Å². The maximum atomic E-state index is 12.6. The standard InChI is InChI=1S/C20H20N4O2/c1-4-24-20(26)17-8-6-5-7-16(17)18(23-24)19(25)22-21-12-15-10-9-13(2)11-14(15)3/h5-12H,4H2,1-3H3,(H,22,25)/b21-12-. The molecule has 3 rings (SSSR count). The van der Waals surface area contributed by atoms with Crippen LogP contribution in [-0.2, 0) is 6.54 Å². The summed E-state index contributed by atoms with van der Waals surface area (Å²) in [7, 11) is 0. The number of fused-ring (bicyclic) bond motifs is 1. The molecule has 0 fully saturated rings. The van der Waals surface area contributed by atoms with Crippen molar-refractivity contribution in [1.82, 2.24) is 15.2 Å². The van der Waals surface area contributed by atoms with Gasteiger partial charge in [-0.05, 0) is 38.0 Å². The second-order valence-electron chi connectivity index (χ2n) is 6.07. The molecule has 26 heavy (non-hydrogen) atoms. The molecule has 1 N–H and O–H groups in total. The van der Waals surface area contributed by atoms with Gasteiger partial charge in [-0.15, -0.1) is 0 Å². The molecule has 1 heterocycles. The molecule has 0 saturated heterocycles. The van der Waals surface area contributed by atoms with E-state index in [4.69, 9.17) is 0 Å². The van der Waals surface area contributed by atoms with E-state index in [-0.39, 0.29) is 11.3 Å². The van der Waals surface area contributed by atoms with Gasteiger partial charge in [-0.3, -0.25) is 9.59 Å². The summed E-state index contributed by atoms with van der Waals surface area (Å²) in [5, 5.41) is 9.21. The number of nitrogens with one attached hydrogen (secondary N) is 1. The third kappa shape index (κ3) is 3.39. The molecular weight excluding hydrogens is 328 g/mol. The third-order valence-corrected chi connectivity index (χ3v) is 4.18. The molecule has 6 heteroatoms. The molecule has 0 spiro atoms. The Morgan fingerprint density at radius 1 is 1.19 bits per heavy atom. The zero-order chi connectivity index (χ0) is 18.7. The molecule has 0 aliphatic heterocycles. The fourth-order valence-corrected chi connectivity index (χ4v) is 2.80. The van der Waals surface area contributed by atoms with Crippen molar-refractivity contribution in [3.63, 3.8) is 0 Å². The second-order valence-corrected chi connectivity index (χ2v) is 6.07. The van der Waals surface area contributed by atoms with Crippen LogP contribution in [0.3, 0.4) is 0 Å². The fourth-order valence-electron chi connectivity index (χ4n) is 2.80. The maximum absolute atomic E-state index is 12.6. The minimum absolute atomic E-state index is 0.180. The predicted molar refractivity (Wildman–Crippen MR) is 103 cm³/mol. The molecular formula is C20H20N4O2. The van der Waals surface area contributed by atoms with Gasteiger partial charge in [-0.2, -0.15) is 10.2 Å². The van der Waals surface area contributed by atoms with Crippen molar-refractivity contribution in [2.45, 2.75) is 27.3 Å². The molecule has 0 saturated carbocycles. The Bertz CT molecular complexity index is 1070. The summed E-state index contributed by atoms with van der Waals surface area (Å²) in [6.07, 6.45) is 1.60. The highest BCUT2D eigenvalue weighted by Gasteiger charge is 2.15. The van der Waals surface area contributed by atoms with E-state index in [1.54, 1.807) is 30.5 Å². The van der Waals surface area contributed by atoms with Gasteiger partial charge in [0.1, 0.15) is 0 Å². The van der Waals surface area contributed by atoms with Crippen LogP contribution in [0.25, 0.3) is 10.8 Å². The minimum Gasteiger partial charge on any atom is -0.267 e. The average Bonchev–Trinajstić information content (AvgIpc) is 2.64. The number of hydrogen-bond acceptors (Lipinski definition) is 4. The second kappa shape index (κ2) is 7.31. The lowest BCUT2D eigenvalue weighted by Gasteiger charge is -2.08. The molecule has 2 aromatic carbocycles. The molecule has 0 bridgehead atoms. The zero-order valence-corrected chi connectivity index (χ0v) is 15.0. The highest BCUT2D eigenvalue weighted by atomic mass is 16.2. The zero-order valence-electron chi connectivity index (χ0n) is 15.0. The van der Waals surface area contributed by atoms with Crippen LogP contribution in [0.4, 0.5) is 0 Å². The van der Waals surface area contributed by atoms with Gasteiger partial charge in [0.15, 0.2) is 5.69 Å². The van der Waals surface area contributed by atoms with E-state index in [1.807, 2.05) is 32.9 Å². The van der Waals surface area contributed by atoms with Gasteiger partial charge < -0.3 is 0 Å².